The van der Waals surface area contributed by atoms with Gasteiger partial charge < -0.3 is 13.7 Å². The van der Waals surface area contributed by atoms with E-state index in [0.717, 1.165) is 37.6 Å². The van der Waals surface area contributed by atoms with Crippen LogP contribution in [0.25, 0.3) is 22.3 Å². The normalized spacial score (nSPS) is 22.6. The van der Waals surface area contributed by atoms with Gasteiger partial charge in [0.15, 0.2) is 8.24 Å². The zero-order valence-corrected chi connectivity index (χ0v) is 24.0. The van der Waals surface area contributed by atoms with Crippen molar-refractivity contribution in [2.24, 2.45) is 0 Å². The fourth-order valence-corrected chi connectivity index (χ4v) is 8.05. The van der Waals surface area contributed by atoms with Crippen molar-refractivity contribution in [3.05, 3.63) is 29.4 Å². The number of morpholine rings is 1. The number of fused-ring (bicyclic) bond motifs is 1. The molecule has 0 unspecified atom stereocenters. The summed E-state index contributed by atoms with van der Waals surface area (Å²) in [5.41, 5.74) is 4.66. The summed E-state index contributed by atoms with van der Waals surface area (Å²) < 4.78 is 13.5. The van der Waals surface area contributed by atoms with Crippen LogP contribution in [0.3, 0.4) is 0 Å². The first-order chi connectivity index (χ1) is 16.7. The van der Waals surface area contributed by atoms with Gasteiger partial charge in [-0.15, -0.1) is 0 Å². The van der Waals surface area contributed by atoms with Gasteiger partial charge in [0.05, 0.1) is 26.0 Å². The van der Waals surface area contributed by atoms with Crippen molar-refractivity contribution < 1.29 is 9.47 Å². The van der Waals surface area contributed by atoms with Gasteiger partial charge in [-0.1, -0.05) is 45.2 Å². The molecular weight excluding hydrogens is 472 g/mol. The lowest BCUT2D eigenvalue weighted by atomic mass is 9.81. The Kier molecular flexibility index (Phi) is 6.85. The minimum Gasteiger partial charge on any atom is -0.473 e. The first-order valence-corrected chi connectivity index (χ1v) is 16.8. The lowest BCUT2D eigenvalue weighted by molar-refractivity contribution is 0.00729. The number of methoxy groups -OCH3 is 1. The van der Waals surface area contributed by atoms with Gasteiger partial charge in [0, 0.05) is 47.9 Å². The molecule has 0 amide bonds. The molecule has 2 aliphatic rings. The third-order valence-corrected chi connectivity index (χ3v) is 14.8. The molecular formula is C27H40N4O2SSi. The van der Waals surface area contributed by atoms with E-state index < -0.39 is 8.24 Å². The van der Waals surface area contributed by atoms with Crippen LogP contribution in [0.5, 0.6) is 5.19 Å². The average Bonchev–Trinajstić information content (AvgIpc) is 3.48. The predicted molar refractivity (Wildman–Crippen MR) is 147 cm³/mol. The molecule has 0 aromatic carbocycles. The molecule has 1 saturated carbocycles. The van der Waals surface area contributed by atoms with Crippen molar-refractivity contribution in [2.45, 2.75) is 76.5 Å². The van der Waals surface area contributed by atoms with Crippen LogP contribution in [0.15, 0.2) is 23.8 Å². The molecule has 8 heteroatoms. The molecule has 1 aliphatic carbocycles. The number of thiazole rings is 1. The fourth-order valence-electron chi connectivity index (χ4n) is 5.53. The van der Waals surface area contributed by atoms with Crippen LogP contribution in [-0.2, 0) is 4.74 Å². The second-order valence-corrected chi connectivity index (χ2v) is 17.6. The summed E-state index contributed by atoms with van der Waals surface area (Å²) in [5.74, 6) is 0.582. The largest absolute Gasteiger partial charge is 0.473 e. The Balaban J connectivity index is 1.49. The van der Waals surface area contributed by atoms with Crippen molar-refractivity contribution in [3.63, 3.8) is 0 Å². The van der Waals surface area contributed by atoms with E-state index in [4.69, 9.17) is 19.4 Å². The molecule has 0 spiro atoms. The second kappa shape index (κ2) is 9.61. The van der Waals surface area contributed by atoms with Crippen LogP contribution in [0.2, 0.25) is 18.1 Å². The van der Waals surface area contributed by atoms with Gasteiger partial charge in [-0.25, -0.2) is 9.97 Å². The van der Waals surface area contributed by atoms with Crippen molar-refractivity contribution in [1.29, 1.82) is 0 Å². The van der Waals surface area contributed by atoms with Crippen LogP contribution in [0.1, 0.15) is 57.9 Å². The average molecular weight is 513 g/mol. The maximum Gasteiger partial charge on any atom is 0.273 e. The number of hydrogen-bond donors (Lipinski definition) is 0. The van der Waals surface area contributed by atoms with E-state index in [-0.39, 0.29) is 5.04 Å². The third kappa shape index (κ3) is 4.70. The SMILES string of the molecule is COc1nc(-c2cn([Si](C)(C)C(C)(C)C)c3ncc(C4CCC(N5CCOCC5)CC4)cc23)cs1. The van der Waals surface area contributed by atoms with Gasteiger partial charge in [-0.05, 0) is 48.3 Å². The molecule has 35 heavy (non-hydrogen) atoms. The number of hydrogen-bond acceptors (Lipinski definition) is 6. The zero-order valence-electron chi connectivity index (χ0n) is 22.1. The molecule has 0 atom stereocenters. The summed E-state index contributed by atoms with van der Waals surface area (Å²) >= 11 is 1.56. The molecule has 1 aliphatic heterocycles. The minimum absolute atomic E-state index is 0.203. The van der Waals surface area contributed by atoms with E-state index in [1.54, 1.807) is 18.4 Å². The number of pyridine rings is 1. The zero-order chi connectivity index (χ0) is 24.8. The number of rotatable bonds is 5. The predicted octanol–water partition coefficient (Wildman–Crippen LogP) is 6.38. The number of nitrogens with zero attached hydrogens (tertiary/aromatic N) is 4. The highest BCUT2D eigenvalue weighted by Crippen LogP contribution is 2.43. The highest BCUT2D eigenvalue weighted by atomic mass is 32.1. The van der Waals surface area contributed by atoms with Gasteiger partial charge >= 0.3 is 0 Å². The minimum atomic E-state index is -1.86. The molecule has 0 bridgehead atoms. The maximum atomic E-state index is 5.56. The van der Waals surface area contributed by atoms with Crippen LogP contribution < -0.4 is 4.74 Å². The summed E-state index contributed by atoms with van der Waals surface area (Å²) in [7, 11) is -0.173. The molecule has 2 fully saturated rings. The van der Waals surface area contributed by atoms with Crippen molar-refractivity contribution in [3.8, 4) is 16.5 Å². The number of ether oxygens (including phenoxy) is 2. The van der Waals surface area contributed by atoms with E-state index in [1.165, 1.54) is 42.2 Å². The Bertz CT molecular complexity index is 1170. The molecule has 190 valence electrons. The van der Waals surface area contributed by atoms with E-state index in [2.05, 4.69) is 66.8 Å². The molecule has 3 aromatic rings. The lowest BCUT2D eigenvalue weighted by Gasteiger charge is -2.39. The van der Waals surface area contributed by atoms with Crippen molar-refractivity contribution >= 4 is 30.6 Å². The quantitative estimate of drug-likeness (QED) is 0.371. The van der Waals surface area contributed by atoms with E-state index in [0.29, 0.717) is 17.2 Å². The Morgan fingerprint density at radius 2 is 1.83 bits per heavy atom. The topological polar surface area (TPSA) is 52.4 Å². The smallest absolute Gasteiger partial charge is 0.273 e. The van der Waals surface area contributed by atoms with Gasteiger partial charge in [0.1, 0.15) is 5.65 Å². The maximum absolute atomic E-state index is 5.56. The van der Waals surface area contributed by atoms with Crippen molar-refractivity contribution in [2.75, 3.05) is 33.4 Å². The third-order valence-electron chi connectivity index (χ3n) is 8.77. The molecule has 3 aromatic heterocycles. The summed E-state index contributed by atoms with van der Waals surface area (Å²) in [4.78, 5) is 12.5. The fraction of sp³-hybridized carbons (Fsp3) is 0.630. The summed E-state index contributed by atoms with van der Waals surface area (Å²) in [6.07, 6.45) is 9.49. The summed E-state index contributed by atoms with van der Waals surface area (Å²) in [6, 6.07) is 3.14. The van der Waals surface area contributed by atoms with Crippen LogP contribution in [-0.4, -0.2) is 66.8 Å². The highest BCUT2D eigenvalue weighted by Gasteiger charge is 2.39. The summed E-state index contributed by atoms with van der Waals surface area (Å²) in [5, 5.41) is 4.26. The monoisotopic (exact) mass is 512 g/mol. The van der Waals surface area contributed by atoms with E-state index >= 15 is 0 Å². The van der Waals surface area contributed by atoms with Crippen LogP contribution in [0.4, 0.5) is 0 Å². The first-order valence-electron chi connectivity index (χ1n) is 13.0. The summed E-state index contributed by atoms with van der Waals surface area (Å²) in [6.45, 7) is 15.9. The first kappa shape index (κ1) is 24.9. The van der Waals surface area contributed by atoms with E-state index in [9.17, 15) is 0 Å². The molecule has 0 radical (unpaired) electrons. The van der Waals surface area contributed by atoms with Crippen LogP contribution >= 0.6 is 11.3 Å². The Labute approximate surface area is 214 Å². The van der Waals surface area contributed by atoms with Gasteiger partial charge in [0.2, 0.25) is 0 Å². The Morgan fingerprint density at radius 3 is 2.46 bits per heavy atom. The lowest BCUT2D eigenvalue weighted by Crippen LogP contribution is -2.45. The standard InChI is InChI=1S/C27H40N4O2SSi/c1-27(2,3)35(5,6)31-17-23(24-18-34-26(29-24)32-4)22-15-20(16-28-25(22)31)19-7-9-21(10-8-19)30-11-13-33-14-12-30/h15-19,21H,7-14H2,1-6H3. The highest BCUT2D eigenvalue weighted by molar-refractivity contribution is 7.11. The van der Waals surface area contributed by atoms with Gasteiger partial charge in [-0.2, -0.15) is 0 Å². The van der Waals surface area contributed by atoms with Gasteiger partial charge in [-0.3, -0.25) is 4.90 Å². The van der Waals surface area contributed by atoms with Crippen LogP contribution in [0, 0.1) is 0 Å². The number of aromatic nitrogens is 3. The Hall–Kier alpha value is -1.74. The molecule has 4 heterocycles. The molecule has 1 saturated heterocycles. The molecule has 6 nitrogen and oxygen atoms in total. The van der Waals surface area contributed by atoms with E-state index in [1.807, 2.05) is 0 Å². The second-order valence-electron chi connectivity index (χ2n) is 11.7. The van der Waals surface area contributed by atoms with Crippen molar-refractivity contribution in [1.82, 2.24) is 19.1 Å². The Morgan fingerprint density at radius 1 is 1.11 bits per heavy atom. The molecule has 5 rings (SSSR count). The molecule has 0 N–H and O–H groups in total. The van der Waals surface area contributed by atoms with Gasteiger partial charge in [0.25, 0.3) is 5.19 Å².